The molecule has 0 aliphatic heterocycles. The second-order valence-corrected chi connectivity index (χ2v) is 5.06. The van der Waals surface area contributed by atoms with E-state index in [1.54, 1.807) is 13.1 Å². The molecule has 0 radical (unpaired) electrons. The van der Waals surface area contributed by atoms with Crippen molar-refractivity contribution in [1.82, 2.24) is 14.1 Å². The molecule has 1 fully saturated rings. The van der Waals surface area contributed by atoms with Crippen molar-refractivity contribution in [3.63, 3.8) is 0 Å². The lowest BCUT2D eigenvalue weighted by Gasteiger charge is -2.08. The zero-order chi connectivity index (χ0) is 14.4. The Balaban J connectivity index is 2.13. The molecular formula is C13H14N4O3. The van der Waals surface area contributed by atoms with Gasteiger partial charge in [-0.2, -0.15) is 0 Å². The number of anilines is 1. The van der Waals surface area contributed by atoms with Crippen molar-refractivity contribution >= 4 is 22.6 Å². The van der Waals surface area contributed by atoms with Crippen molar-refractivity contribution < 1.29 is 4.79 Å². The summed E-state index contributed by atoms with van der Waals surface area (Å²) in [5, 5.41) is 3.05. The molecule has 0 bridgehead atoms. The van der Waals surface area contributed by atoms with Gasteiger partial charge in [-0.1, -0.05) is 0 Å². The number of carbonyl (C=O) groups excluding carboxylic acids is 1. The molecule has 1 aliphatic rings. The molecule has 2 heterocycles. The van der Waals surface area contributed by atoms with Crippen LogP contribution in [0.25, 0.3) is 11.0 Å². The standard InChI is InChI=1S/C13H14N4O3/c1-16-10-9(12(19)17(2)13(16)20)5-8(6-14-10)15-11(18)7-3-4-7/h5-7H,3-4H2,1-2H3,(H,15,18). The zero-order valence-corrected chi connectivity index (χ0v) is 11.2. The van der Waals surface area contributed by atoms with E-state index in [1.165, 1.54) is 17.8 Å². The molecule has 7 nitrogen and oxygen atoms in total. The lowest BCUT2D eigenvalue weighted by molar-refractivity contribution is -0.117. The number of nitrogens with one attached hydrogen (secondary N) is 1. The van der Waals surface area contributed by atoms with Gasteiger partial charge in [0.25, 0.3) is 5.56 Å². The zero-order valence-electron chi connectivity index (χ0n) is 11.2. The predicted molar refractivity (Wildman–Crippen MR) is 73.6 cm³/mol. The minimum absolute atomic E-state index is 0.0483. The largest absolute Gasteiger partial charge is 0.332 e. The van der Waals surface area contributed by atoms with Gasteiger partial charge in [0.1, 0.15) is 5.65 Å². The molecule has 1 amide bonds. The van der Waals surface area contributed by atoms with Crippen molar-refractivity contribution in [2.24, 2.45) is 20.0 Å². The average molecular weight is 274 g/mol. The van der Waals surface area contributed by atoms with Gasteiger partial charge in [0.05, 0.1) is 17.3 Å². The lowest BCUT2D eigenvalue weighted by atomic mass is 10.3. The molecule has 1 N–H and O–H groups in total. The van der Waals surface area contributed by atoms with Crippen LogP contribution in [0.2, 0.25) is 0 Å². The maximum absolute atomic E-state index is 12.1. The number of hydrogen-bond donors (Lipinski definition) is 1. The summed E-state index contributed by atoms with van der Waals surface area (Å²) in [5.74, 6) is 0.0291. The van der Waals surface area contributed by atoms with Gasteiger partial charge in [0.15, 0.2) is 0 Å². The van der Waals surface area contributed by atoms with Crippen molar-refractivity contribution in [3.8, 4) is 0 Å². The Morgan fingerprint density at radius 1 is 1.30 bits per heavy atom. The summed E-state index contributed by atoms with van der Waals surface area (Å²) in [5.41, 5.74) is -0.0597. The normalized spacial score (nSPS) is 14.5. The number of pyridine rings is 1. The van der Waals surface area contributed by atoms with Crippen molar-refractivity contribution in [1.29, 1.82) is 0 Å². The predicted octanol–water partition coefficient (Wildman–Crippen LogP) is -0.0193. The Morgan fingerprint density at radius 3 is 2.65 bits per heavy atom. The highest BCUT2D eigenvalue weighted by atomic mass is 16.2. The Labute approximate surface area is 113 Å². The van der Waals surface area contributed by atoms with Crippen LogP contribution in [0.4, 0.5) is 5.69 Å². The lowest BCUT2D eigenvalue weighted by Crippen LogP contribution is -2.37. The van der Waals surface area contributed by atoms with Crippen molar-refractivity contribution in [3.05, 3.63) is 33.1 Å². The van der Waals surface area contributed by atoms with Gasteiger partial charge in [0.2, 0.25) is 5.91 Å². The number of hydrogen-bond acceptors (Lipinski definition) is 4. The first kappa shape index (κ1) is 12.6. The first-order chi connectivity index (χ1) is 9.49. The van der Waals surface area contributed by atoms with Crippen LogP contribution in [0.5, 0.6) is 0 Å². The third kappa shape index (κ3) is 1.91. The summed E-state index contributed by atoms with van der Waals surface area (Å²) in [7, 11) is 2.97. The molecule has 0 spiro atoms. The maximum Gasteiger partial charge on any atom is 0.332 e. The molecule has 20 heavy (non-hydrogen) atoms. The highest BCUT2D eigenvalue weighted by Gasteiger charge is 2.29. The summed E-state index contributed by atoms with van der Waals surface area (Å²) in [6.07, 6.45) is 3.27. The van der Waals surface area contributed by atoms with Crippen LogP contribution in [-0.4, -0.2) is 20.0 Å². The summed E-state index contributed by atoms with van der Waals surface area (Å²) in [4.78, 5) is 39.7. The van der Waals surface area contributed by atoms with E-state index in [0.717, 1.165) is 17.4 Å². The van der Waals surface area contributed by atoms with Crippen LogP contribution in [0.1, 0.15) is 12.8 Å². The first-order valence-corrected chi connectivity index (χ1v) is 6.35. The Morgan fingerprint density at radius 2 is 2.00 bits per heavy atom. The molecule has 1 saturated carbocycles. The maximum atomic E-state index is 12.1. The molecule has 3 rings (SSSR count). The van der Waals surface area contributed by atoms with Crippen LogP contribution < -0.4 is 16.6 Å². The van der Waals surface area contributed by atoms with Crippen molar-refractivity contribution in [2.45, 2.75) is 12.8 Å². The van der Waals surface area contributed by atoms with Crippen LogP contribution >= 0.6 is 0 Å². The van der Waals surface area contributed by atoms with Crippen LogP contribution in [0, 0.1) is 5.92 Å². The number of fused-ring (bicyclic) bond motifs is 1. The van der Waals surface area contributed by atoms with Crippen LogP contribution in [-0.2, 0) is 18.9 Å². The first-order valence-electron chi connectivity index (χ1n) is 6.35. The number of aryl methyl sites for hydroxylation is 1. The fourth-order valence-electron chi connectivity index (χ4n) is 2.12. The molecule has 2 aromatic heterocycles. The molecule has 0 unspecified atom stereocenters. The van der Waals surface area contributed by atoms with Gasteiger partial charge in [0, 0.05) is 20.0 Å². The molecule has 0 saturated heterocycles. The van der Waals surface area contributed by atoms with Gasteiger partial charge in [-0.05, 0) is 18.9 Å². The summed E-state index contributed by atoms with van der Waals surface area (Å²) < 4.78 is 2.33. The van der Waals surface area contributed by atoms with E-state index in [4.69, 9.17) is 0 Å². The van der Waals surface area contributed by atoms with Gasteiger partial charge in [-0.15, -0.1) is 0 Å². The average Bonchev–Trinajstić information content (AvgIpc) is 3.27. The van der Waals surface area contributed by atoms with E-state index in [-0.39, 0.29) is 11.8 Å². The molecule has 0 aromatic carbocycles. The van der Waals surface area contributed by atoms with E-state index < -0.39 is 11.2 Å². The van der Waals surface area contributed by atoms with Gasteiger partial charge in [-0.25, -0.2) is 9.78 Å². The number of aromatic nitrogens is 3. The van der Waals surface area contributed by atoms with Crippen LogP contribution in [0.15, 0.2) is 21.9 Å². The Kier molecular flexibility index (Phi) is 2.70. The van der Waals surface area contributed by atoms with Gasteiger partial charge < -0.3 is 5.32 Å². The van der Waals surface area contributed by atoms with Crippen molar-refractivity contribution in [2.75, 3.05) is 5.32 Å². The quantitative estimate of drug-likeness (QED) is 0.834. The van der Waals surface area contributed by atoms with E-state index in [9.17, 15) is 14.4 Å². The molecule has 2 aromatic rings. The summed E-state index contributed by atoms with van der Waals surface area (Å²) in [6, 6.07) is 1.56. The minimum Gasteiger partial charge on any atom is -0.324 e. The molecule has 104 valence electrons. The second kappa shape index (κ2) is 4.29. The van der Waals surface area contributed by atoms with Gasteiger partial charge >= 0.3 is 5.69 Å². The van der Waals surface area contributed by atoms with E-state index in [0.29, 0.717) is 16.7 Å². The fourth-order valence-corrected chi connectivity index (χ4v) is 2.12. The molecular weight excluding hydrogens is 260 g/mol. The monoisotopic (exact) mass is 274 g/mol. The highest BCUT2D eigenvalue weighted by molar-refractivity contribution is 5.95. The number of carbonyl (C=O) groups is 1. The van der Waals surface area contributed by atoms with E-state index in [2.05, 4.69) is 10.3 Å². The fraction of sp³-hybridized carbons (Fsp3) is 0.385. The summed E-state index contributed by atoms with van der Waals surface area (Å²) >= 11 is 0. The molecule has 1 aliphatic carbocycles. The molecule has 0 atom stereocenters. The Hall–Kier alpha value is -2.44. The number of amides is 1. The van der Waals surface area contributed by atoms with E-state index in [1.807, 2.05) is 0 Å². The second-order valence-electron chi connectivity index (χ2n) is 5.06. The van der Waals surface area contributed by atoms with E-state index >= 15 is 0 Å². The van der Waals surface area contributed by atoms with Crippen LogP contribution in [0.3, 0.4) is 0 Å². The third-order valence-corrected chi connectivity index (χ3v) is 3.51. The minimum atomic E-state index is -0.426. The SMILES string of the molecule is Cn1c(=O)c2cc(NC(=O)C3CC3)cnc2n(C)c1=O. The Bertz CT molecular complexity index is 830. The smallest absolute Gasteiger partial charge is 0.324 e. The topological polar surface area (TPSA) is 86.0 Å². The summed E-state index contributed by atoms with van der Waals surface area (Å²) in [6.45, 7) is 0. The van der Waals surface area contributed by atoms with Gasteiger partial charge in [-0.3, -0.25) is 18.7 Å². The molecule has 7 heteroatoms. The number of nitrogens with zero attached hydrogens (tertiary/aromatic N) is 3. The third-order valence-electron chi connectivity index (χ3n) is 3.51. The number of rotatable bonds is 2. The highest BCUT2D eigenvalue weighted by Crippen LogP contribution is 2.30.